The van der Waals surface area contributed by atoms with Crippen molar-refractivity contribution in [2.75, 3.05) is 18.4 Å². The van der Waals surface area contributed by atoms with Crippen LogP contribution in [0.15, 0.2) is 66.8 Å². The molecule has 1 saturated heterocycles. The highest BCUT2D eigenvalue weighted by Gasteiger charge is 2.27. The Hall–Kier alpha value is -2.43. The maximum absolute atomic E-state index is 10.9. The zero-order valence-electron chi connectivity index (χ0n) is 14.7. The number of rotatable bonds is 7. The number of aliphatic hydroxyl groups is 1. The monoisotopic (exact) mass is 338 g/mol. The van der Waals surface area contributed by atoms with Gasteiger partial charge >= 0.3 is 0 Å². The summed E-state index contributed by atoms with van der Waals surface area (Å²) in [5.74, 6) is 0. The molecule has 1 aliphatic heterocycles. The van der Waals surface area contributed by atoms with Crippen molar-refractivity contribution in [3.8, 4) is 0 Å². The van der Waals surface area contributed by atoms with Crippen LogP contribution in [-0.2, 0) is 4.79 Å². The number of benzene rings is 1. The lowest BCUT2D eigenvalue weighted by Crippen LogP contribution is -2.40. The van der Waals surface area contributed by atoms with Crippen molar-refractivity contribution >= 4 is 17.7 Å². The number of hydrogen-bond donors (Lipinski definition) is 3. The zero-order chi connectivity index (χ0) is 18.1. The fraction of sp³-hybridized carbons (Fsp3) is 0.286. The summed E-state index contributed by atoms with van der Waals surface area (Å²) in [6, 6.07) is 7.63. The van der Waals surface area contributed by atoms with Crippen molar-refractivity contribution in [2.45, 2.75) is 25.4 Å². The SMILES string of the molecule is C=C\C=C/C=C(C)/C(=C\C1(O)CCNCC1)c1ccc(NC=O)cc1. The van der Waals surface area contributed by atoms with E-state index in [1.54, 1.807) is 6.08 Å². The van der Waals surface area contributed by atoms with Crippen molar-refractivity contribution in [1.82, 2.24) is 5.32 Å². The smallest absolute Gasteiger partial charge is 0.211 e. The number of allylic oxidation sites excluding steroid dienone is 6. The summed E-state index contributed by atoms with van der Waals surface area (Å²) >= 11 is 0. The average molecular weight is 338 g/mol. The predicted octanol–water partition coefficient (Wildman–Crippen LogP) is 3.44. The minimum atomic E-state index is -0.808. The van der Waals surface area contributed by atoms with Crippen molar-refractivity contribution in [3.05, 3.63) is 72.4 Å². The number of carbonyl (C=O) groups excluding carboxylic acids is 1. The quantitative estimate of drug-likeness (QED) is 0.527. The van der Waals surface area contributed by atoms with Gasteiger partial charge in [0.25, 0.3) is 0 Å². The van der Waals surface area contributed by atoms with Crippen LogP contribution in [0.2, 0.25) is 0 Å². The molecule has 0 spiro atoms. The molecule has 1 aliphatic rings. The summed E-state index contributed by atoms with van der Waals surface area (Å²) < 4.78 is 0. The van der Waals surface area contributed by atoms with Gasteiger partial charge in [0, 0.05) is 5.69 Å². The molecule has 25 heavy (non-hydrogen) atoms. The highest BCUT2D eigenvalue weighted by atomic mass is 16.3. The second kappa shape index (κ2) is 9.16. The lowest BCUT2D eigenvalue weighted by molar-refractivity contribution is -0.105. The molecule has 0 aromatic heterocycles. The van der Waals surface area contributed by atoms with Gasteiger partial charge in [0.2, 0.25) is 6.41 Å². The number of carbonyl (C=O) groups is 1. The van der Waals surface area contributed by atoms with E-state index < -0.39 is 5.60 Å². The van der Waals surface area contributed by atoms with Crippen LogP contribution in [0.25, 0.3) is 5.57 Å². The fourth-order valence-corrected chi connectivity index (χ4v) is 2.88. The Labute approximate surface area is 149 Å². The Morgan fingerprint density at radius 3 is 2.52 bits per heavy atom. The molecule has 132 valence electrons. The van der Waals surface area contributed by atoms with E-state index in [0.29, 0.717) is 19.3 Å². The van der Waals surface area contributed by atoms with Gasteiger partial charge in [0.1, 0.15) is 0 Å². The Bertz CT molecular complexity index is 678. The van der Waals surface area contributed by atoms with Crippen LogP contribution in [0.4, 0.5) is 5.69 Å². The predicted molar refractivity (Wildman–Crippen MR) is 104 cm³/mol. The molecule has 4 nitrogen and oxygen atoms in total. The van der Waals surface area contributed by atoms with Crippen LogP contribution in [-0.4, -0.2) is 30.2 Å². The number of nitrogens with one attached hydrogen (secondary N) is 2. The molecule has 2 rings (SSSR count). The summed E-state index contributed by atoms with van der Waals surface area (Å²) in [5.41, 5.74) is 2.99. The molecule has 1 amide bonds. The average Bonchev–Trinajstić information content (AvgIpc) is 2.61. The van der Waals surface area contributed by atoms with E-state index in [9.17, 15) is 9.90 Å². The third-order valence-electron chi connectivity index (χ3n) is 4.32. The zero-order valence-corrected chi connectivity index (χ0v) is 14.7. The number of amides is 1. The lowest BCUT2D eigenvalue weighted by Gasteiger charge is -2.31. The van der Waals surface area contributed by atoms with Crippen molar-refractivity contribution < 1.29 is 9.90 Å². The van der Waals surface area contributed by atoms with Crippen LogP contribution in [0.3, 0.4) is 0 Å². The molecule has 0 saturated carbocycles. The number of piperidine rings is 1. The minimum Gasteiger partial charge on any atom is -0.386 e. The van der Waals surface area contributed by atoms with E-state index in [-0.39, 0.29) is 0 Å². The van der Waals surface area contributed by atoms with Gasteiger partial charge in [-0.15, -0.1) is 0 Å². The highest BCUT2D eigenvalue weighted by Crippen LogP contribution is 2.30. The Morgan fingerprint density at radius 1 is 1.24 bits per heavy atom. The van der Waals surface area contributed by atoms with Gasteiger partial charge in [-0.25, -0.2) is 0 Å². The topological polar surface area (TPSA) is 61.4 Å². The van der Waals surface area contributed by atoms with E-state index in [1.165, 1.54) is 0 Å². The molecule has 0 unspecified atom stereocenters. The molecule has 0 radical (unpaired) electrons. The maximum Gasteiger partial charge on any atom is 0.211 e. The second-order valence-corrected chi connectivity index (χ2v) is 6.22. The van der Waals surface area contributed by atoms with Gasteiger partial charge in [-0.05, 0) is 67.8 Å². The van der Waals surface area contributed by atoms with Crippen LogP contribution < -0.4 is 10.6 Å². The summed E-state index contributed by atoms with van der Waals surface area (Å²) in [6.45, 7) is 7.32. The Balaban J connectivity index is 2.40. The molecular weight excluding hydrogens is 312 g/mol. The molecule has 0 bridgehead atoms. The first-order valence-electron chi connectivity index (χ1n) is 8.51. The summed E-state index contributed by atoms with van der Waals surface area (Å²) in [7, 11) is 0. The van der Waals surface area contributed by atoms with Gasteiger partial charge in [-0.2, -0.15) is 0 Å². The molecule has 4 heteroatoms. The van der Waals surface area contributed by atoms with Crippen LogP contribution in [0, 0.1) is 0 Å². The normalized spacial score (nSPS) is 18.2. The summed E-state index contributed by atoms with van der Waals surface area (Å²) in [6.07, 6.45) is 11.6. The van der Waals surface area contributed by atoms with Crippen molar-refractivity contribution in [2.24, 2.45) is 0 Å². The van der Waals surface area contributed by atoms with E-state index in [4.69, 9.17) is 0 Å². The second-order valence-electron chi connectivity index (χ2n) is 6.22. The van der Waals surface area contributed by atoms with Gasteiger partial charge < -0.3 is 15.7 Å². The largest absolute Gasteiger partial charge is 0.386 e. The van der Waals surface area contributed by atoms with Crippen molar-refractivity contribution in [3.63, 3.8) is 0 Å². The Kier molecular flexibility index (Phi) is 6.92. The molecule has 1 fully saturated rings. The third kappa shape index (κ3) is 5.55. The molecule has 3 N–H and O–H groups in total. The van der Waals surface area contributed by atoms with E-state index in [1.807, 2.05) is 55.5 Å². The maximum atomic E-state index is 10.9. The molecule has 0 atom stereocenters. The Morgan fingerprint density at radius 2 is 1.92 bits per heavy atom. The summed E-state index contributed by atoms with van der Waals surface area (Å²) in [4.78, 5) is 10.6. The van der Waals surface area contributed by atoms with E-state index in [2.05, 4.69) is 17.2 Å². The van der Waals surface area contributed by atoms with Gasteiger partial charge in [-0.3, -0.25) is 4.79 Å². The van der Waals surface area contributed by atoms with Crippen molar-refractivity contribution in [1.29, 1.82) is 0 Å². The molecule has 0 aliphatic carbocycles. The van der Waals surface area contributed by atoms with Crippen LogP contribution >= 0.6 is 0 Å². The molecular formula is C21H26N2O2. The first-order valence-corrected chi connectivity index (χ1v) is 8.51. The van der Waals surface area contributed by atoms with E-state index >= 15 is 0 Å². The van der Waals surface area contributed by atoms with Crippen LogP contribution in [0.1, 0.15) is 25.3 Å². The van der Waals surface area contributed by atoms with Gasteiger partial charge in [-0.1, -0.05) is 43.0 Å². The van der Waals surface area contributed by atoms with Gasteiger partial charge in [0.05, 0.1) is 5.60 Å². The third-order valence-corrected chi connectivity index (χ3v) is 4.32. The summed E-state index contributed by atoms with van der Waals surface area (Å²) in [5, 5.41) is 16.8. The first kappa shape index (κ1) is 18.9. The number of anilines is 1. The minimum absolute atomic E-state index is 0.661. The highest BCUT2D eigenvalue weighted by molar-refractivity contribution is 5.81. The van der Waals surface area contributed by atoms with Crippen LogP contribution in [0.5, 0.6) is 0 Å². The lowest BCUT2D eigenvalue weighted by atomic mass is 9.86. The molecule has 1 heterocycles. The molecule has 1 aromatic carbocycles. The van der Waals surface area contributed by atoms with E-state index in [0.717, 1.165) is 35.5 Å². The standard InChI is InChI=1S/C21H26N2O2/c1-3-4-5-6-17(2)20(15-21(25)11-13-22-14-12-21)18-7-9-19(10-8-18)23-16-24/h3-10,15-16,22,25H,1,11-14H2,2H3,(H,23,24)/b5-4-,17-6+,20-15+. The van der Waals surface area contributed by atoms with Gasteiger partial charge in [0.15, 0.2) is 0 Å². The number of hydrogen-bond acceptors (Lipinski definition) is 3. The first-order chi connectivity index (χ1) is 12.1. The fourth-order valence-electron chi connectivity index (χ4n) is 2.88. The molecule has 1 aromatic rings.